The zero-order chi connectivity index (χ0) is 30.1. The van der Waals surface area contributed by atoms with Gasteiger partial charge in [-0.15, -0.1) is 0 Å². The number of halogens is 1. The van der Waals surface area contributed by atoms with E-state index in [4.69, 9.17) is 24.3 Å². The molecule has 0 saturated carbocycles. The van der Waals surface area contributed by atoms with Gasteiger partial charge < -0.3 is 19.1 Å². The van der Waals surface area contributed by atoms with E-state index in [-0.39, 0.29) is 23.8 Å². The van der Waals surface area contributed by atoms with Gasteiger partial charge in [-0.3, -0.25) is 4.79 Å². The van der Waals surface area contributed by atoms with Crippen molar-refractivity contribution in [2.75, 3.05) is 38.3 Å². The Morgan fingerprint density at radius 2 is 1.88 bits per heavy atom. The fourth-order valence-corrected chi connectivity index (χ4v) is 5.92. The highest BCUT2D eigenvalue weighted by Gasteiger charge is 2.33. The molecular weight excluding hydrogens is 547 g/mol. The molecule has 0 unspecified atom stereocenters. The number of fused-ring (bicyclic) bond motifs is 7. The second-order valence-corrected chi connectivity index (χ2v) is 11.6. The Morgan fingerprint density at radius 3 is 2.67 bits per heavy atom. The van der Waals surface area contributed by atoms with E-state index in [1.165, 1.54) is 7.11 Å². The number of piperidine rings is 1. The molecule has 0 aliphatic carbocycles. The van der Waals surface area contributed by atoms with Crippen molar-refractivity contribution in [2.24, 2.45) is 0 Å². The zero-order valence-electron chi connectivity index (χ0n) is 25.2. The van der Waals surface area contributed by atoms with Gasteiger partial charge in [0, 0.05) is 36.0 Å². The lowest BCUT2D eigenvalue weighted by atomic mass is 9.93. The molecule has 1 saturated heterocycles. The summed E-state index contributed by atoms with van der Waals surface area (Å²) in [6.07, 6.45) is 6.49. The lowest BCUT2D eigenvalue weighted by Gasteiger charge is -2.40. The quantitative estimate of drug-likeness (QED) is 0.204. The first-order valence-electron chi connectivity index (χ1n) is 14.8. The van der Waals surface area contributed by atoms with Crippen molar-refractivity contribution in [2.45, 2.75) is 52.1 Å². The number of hydrogen-bond acceptors (Lipinski definition) is 7. The Bertz CT molecular complexity index is 1700. The number of esters is 1. The number of benzene rings is 2. The van der Waals surface area contributed by atoms with Gasteiger partial charge >= 0.3 is 5.97 Å². The molecule has 0 spiro atoms. The molecule has 1 fully saturated rings. The summed E-state index contributed by atoms with van der Waals surface area (Å²) in [7, 11) is 1.40. The predicted octanol–water partition coefficient (Wildman–Crippen LogP) is 6.25. The fourth-order valence-electron chi connectivity index (χ4n) is 5.92. The number of aryl methyl sites for hydroxylation is 2. The van der Waals surface area contributed by atoms with Crippen LogP contribution < -0.4 is 9.64 Å². The summed E-state index contributed by atoms with van der Waals surface area (Å²) in [6, 6.07) is 13.2. The minimum atomic E-state index is -0.331. The average Bonchev–Trinajstić information content (AvgIpc) is 3.42. The standard InChI is InChI=1S/C34H37FN4O4/c1-22-11-12-28-31(32(22)35)25-10-8-9-24(19-25)27-21-29-36-23(2)26(20-30(40)41-4)33(39(29)37-27)38-15-13-34(3,14-16-38)43-18-7-5-6-17-42-28/h5,7-12,19,21H,6,13-18,20H2,1-4H3/b7-5+. The molecule has 4 aromatic rings. The van der Waals surface area contributed by atoms with Gasteiger partial charge in [-0.1, -0.05) is 36.4 Å². The first-order chi connectivity index (χ1) is 20.8. The number of methoxy groups -OCH3 is 1. The summed E-state index contributed by atoms with van der Waals surface area (Å²) in [4.78, 5) is 19.6. The predicted molar refractivity (Wildman–Crippen MR) is 164 cm³/mol. The summed E-state index contributed by atoms with van der Waals surface area (Å²) in [5.74, 6) is 0.702. The maximum atomic E-state index is 15.6. The Kier molecular flexibility index (Phi) is 7.92. The molecule has 0 radical (unpaired) electrons. The van der Waals surface area contributed by atoms with Crippen LogP contribution in [0.4, 0.5) is 10.2 Å². The van der Waals surface area contributed by atoms with Gasteiger partial charge in [-0.05, 0) is 63.3 Å². The van der Waals surface area contributed by atoms with Crippen LogP contribution in [-0.4, -0.2) is 59.6 Å². The molecule has 224 valence electrons. The van der Waals surface area contributed by atoms with Crippen LogP contribution in [0.25, 0.3) is 28.0 Å². The van der Waals surface area contributed by atoms with Gasteiger partial charge in [0.2, 0.25) is 0 Å². The highest BCUT2D eigenvalue weighted by Crippen LogP contribution is 2.38. The number of carbonyl (C=O) groups excluding carboxylic acids is 1. The van der Waals surface area contributed by atoms with Gasteiger partial charge in [0.1, 0.15) is 17.4 Å². The number of anilines is 1. The van der Waals surface area contributed by atoms with E-state index < -0.39 is 0 Å². The number of nitrogens with zero attached hydrogens (tertiary/aromatic N) is 4. The van der Waals surface area contributed by atoms with Crippen molar-refractivity contribution in [1.29, 1.82) is 0 Å². The fraction of sp³-hybridized carbons (Fsp3) is 0.382. The van der Waals surface area contributed by atoms with E-state index in [2.05, 4.69) is 11.8 Å². The van der Waals surface area contributed by atoms with Crippen LogP contribution in [0.3, 0.4) is 0 Å². The average molecular weight is 585 g/mol. The van der Waals surface area contributed by atoms with E-state index in [0.717, 1.165) is 48.6 Å². The van der Waals surface area contributed by atoms with Crippen molar-refractivity contribution in [3.63, 3.8) is 0 Å². The first kappa shape index (κ1) is 28.9. The smallest absolute Gasteiger partial charge is 0.310 e. The van der Waals surface area contributed by atoms with Crippen molar-refractivity contribution < 1.29 is 23.4 Å². The lowest BCUT2D eigenvalue weighted by Crippen LogP contribution is -2.45. The summed E-state index contributed by atoms with van der Waals surface area (Å²) >= 11 is 0. The molecule has 3 aliphatic heterocycles. The van der Waals surface area contributed by atoms with Gasteiger partial charge in [0.25, 0.3) is 0 Å². The molecule has 43 heavy (non-hydrogen) atoms. The monoisotopic (exact) mass is 584 g/mol. The van der Waals surface area contributed by atoms with Crippen LogP contribution >= 0.6 is 0 Å². The van der Waals surface area contributed by atoms with Gasteiger partial charge in [0.15, 0.2) is 5.65 Å². The molecule has 6 bridgehead atoms. The number of ether oxygens (including phenoxy) is 3. The lowest BCUT2D eigenvalue weighted by molar-refractivity contribution is -0.139. The minimum absolute atomic E-state index is 0.0930. The molecule has 2 aromatic carbocycles. The summed E-state index contributed by atoms with van der Waals surface area (Å²) in [5, 5.41) is 5.02. The Labute approximate surface area is 251 Å². The topological polar surface area (TPSA) is 78.2 Å². The van der Waals surface area contributed by atoms with Crippen LogP contribution in [0.5, 0.6) is 5.75 Å². The maximum absolute atomic E-state index is 15.6. The normalized spacial score (nSPS) is 17.4. The van der Waals surface area contributed by atoms with Crippen molar-refractivity contribution >= 4 is 17.4 Å². The van der Waals surface area contributed by atoms with Crippen molar-refractivity contribution in [3.05, 3.63) is 77.3 Å². The first-order valence-corrected chi connectivity index (χ1v) is 14.8. The Balaban J connectivity index is 1.52. The van der Waals surface area contributed by atoms with E-state index in [9.17, 15) is 4.79 Å². The second kappa shape index (κ2) is 11.8. The van der Waals surface area contributed by atoms with Gasteiger partial charge in [-0.2, -0.15) is 9.61 Å². The molecule has 5 heterocycles. The highest BCUT2D eigenvalue weighted by atomic mass is 19.1. The van der Waals surface area contributed by atoms with Crippen molar-refractivity contribution in [3.8, 4) is 28.1 Å². The van der Waals surface area contributed by atoms with E-state index >= 15 is 4.39 Å². The van der Waals surface area contributed by atoms with E-state index in [1.807, 2.05) is 60.0 Å². The highest BCUT2D eigenvalue weighted by molar-refractivity contribution is 5.79. The van der Waals surface area contributed by atoms with Crippen LogP contribution in [-0.2, 0) is 20.7 Å². The van der Waals surface area contributed by atoms with Crippen LogP contribution in [0.1, 0.15) is 43.0 Å². The van der Waals surface area contributed by atoms with Crippen molar-refractivity contribution in [1.82, 2.24) is 14.6 Å². The van der Waals surface area contributed by atoms with E-state index in [0.29, 0.717) is 53.4 Å². The third kappa shape index (κ3) is 5.73. The number of carbonyl (C=O) groups is 1. The molecule has 0 N–H and O–H groups in total. The van der Waals surface area contributed by atoms with Crippen LogP contribution in [0.15, 0.2) is 54.6 Å². The Morgan fingerprint density at radius 1 is 1.09 bits per heavy atom. The maximum Gasteiger partial charge on any atom is 0.310 e. The molecule has 0 atom stereocenters. The minimum Gasteiger partial charge on any atom is -0.493 e. The Hall–Kier alpha value is -4.24. The molecule has 9 heteroatoms. The SMILES string of the molecule is COC(=O)Cc1c(C)nc2cc3nn2c1N1CCC(C)(CC1)OC/C=C/CCOc1ccc(C)c(F)c1-c1cccc-3c1. The molecule has 3 aliphatic rings. The molecule has 7 rings (SSSR count). The third-order valence-corrected chi connectivity index (χ3v) is 8.53. The largest absolute Gasteiger partial charge is 0.493 e. The third-order valence-electron chi connectivity index (χ3n) is 8.53. The summed E-state index contributed by atoms with van der Waals surface area (Å²) in [5.41, 5.74) is 5.15. The molecule has 8 nitrogen and oxygen atoms in total. The number of rotatable bonds is 2. The molecule has 2 aromatic heterocycles. The van der Waals surface area contributed by atoms with Crippen LogP contribution in [0.2, 0.25) is 0 Å². The van der Waals surface area contributed by atoms with E-state index in [1.54, 1.807) is 13.0 Å². The molecule has 0 amide bonds. The second-order valence-electron chi connectivity index (χ2n) is 11.6. The number of aromatic nitrogens is 3. The van der Waals surface area contributed by atoms with Gasteiger partial charge in [0.05, 0.1) is 43.6 Å². The summed E-state index contributed by atoms with van der Waals surface area (Å²) in [6.45, 7) is 8.23. The molecular formula is C34H37FN4O4. The zero-order valence-corrected chi connectivity index (χ0v) is 25.2. The van der Waals surface area contributed by atoms with Gasteiger partial charge in [-0.25, -0.2) is 9.37 Å². The van der Waals surface area contributed by atoms with Crippen LogP contribution in [0, 0.1) is 19.7 Å². The number of hydrogen-bond donors (Lipinski definition) is 0. The summed E-state index contributed by atoms with van der Waals surface area (Å²) < 4.78 is 34.9.